The van der Waals surface area contributed by atoms with Gasteiger partial charge in [0, 0.05) is 17.5 Å². The molecule has 27 heavy (non-hydrogen) atoms. The summed E-state index contributed by atoms with van der Waals surface area (Å²) in [5.41, 5.74) is 2.61. The maximum absolute atomic E-state index is 14.5. The van der Waals surface area contributed by atoms with Crippen LogP contribution in [0.5, 0.6) is 11.5 Å². The molecule has 4 nitrogen and oxygen atoms in total. The lowest BCUT2D eigenvalue weighted by atomic mass is 9.98. The first kappa shape index (κ1) is 19.2. The standard InChI is InChI=1S/C22H25FO4/c1-4-14-12-17(10-8-15(14)9-11-19(24)25)26-13-16-6-5-7-18-20(16)27-22(2,3)21(18)23/h5-8,10,12,21H,4,9,11,13H2,1-3H3,(H,24,25)/t21-/m0/s1. The summed E-state index contributed by atoms with van der Waals surface area (Å²) in [4.78, 5) is 10.8. The van der Waals surface area contributed by atoms with Crippen molar-refractivity contribution in [1.29, 1.82) is 0 Å². The highest BCUT2D eigenvalue weighted by Crippen LogP contribution is 2.47. The van der Waals surface area contributed by atoms with Gasteiger partial charge in [-0.25, -0.2) is 4.39 Å². The molecule has 0 saturated carbocycles. The largest absolute Gasteiger partial charge is 0.489 e. The zero-order valence-corrected chi connectivity index (χ0v) is 15.9. The minimum atomic E-state index is -1.16. The number of benzene rings is 2. The molecule has 1 heterocycles. The second kappa shape index (κ2) is 7.59. The molecule has 5 heteroatoms. The summed E-state index contributed by atoms with van der Waals surface area (Å²) in [6.45, 7) is 5.80. The Bertz CT molecular complexity index is 844. The molecule has 1 atom stereocenters. The smallest absolute Gasteiger partial charge is 0.303 e. The van der Waals surface area contributed by atoms with E-state index in [1.165, 1.54) is 0 Å². The monoisotopic (exact) mass is 372 g/mol. The number of carbonyl (C=O) groups is 1. The molecule has 0 saturated heterocycles. The summed E-state index contributed by atoms with van der Waals surface area (Å²) >= 11 is 0. The van der Waals surface area contributed by atoms with Crippen molar-refractivity contribution in [2.45, 2.75) is 58.4 Å². The maximum atomic E-state index is 14.5. The Kier molecular flexibility index (Phi) is 5.40. The molecule has 0 amide bonds. The van der Waals surface area contributed by atoms with Crippen LogP contribution in [-0.4, -0.2) is 16.7 Å². The third-order valence-corrected chi connectivity index (χ3v) is 4.94. The van der Waals surface area contributed by atoms with Crippen molar-refractivity contribution in [1.82, 2.24) is 0 Å². The van der Waals surface area contributed by atoms with E-state index >= 15 is 0 Å². The van der Waals surface area contributed by atoms with Gasteiger partial charge in [-0.3, -0.25) is 4.79 Å². The van der Waals surface area contributed by atoms with Gasteiger partial charge in [0.05, 0.1) is 0 Å². The quantitative estimate of drug-likeness (QED) is 0.741. The second-order valence-electron chi connectivity index (χ2n) is 7.37. The highest BCUT2D eigenvalue weighted by Gasteiger charge is 2.42. The predicted molar refractivity (Wildman–Crippen MR) is 101 cm³/mol. The van der Waals surface area contributed by atoms with Gasteiger partial charge in [-0.1, -0.05) is 31.2 Å². The average molecular weight is 372 g/mol. The van der Waals surface area contributed by atoms with Crippen LogP contribution in [0.25, 0.3) is 0 Å². The van der Waals surface area contributed by atoms with Crippen molar-refractivity contribution in [3.63, 3.8) is 0 Å². The Hall–Kier alpha value is -2.56. The lowest BCUT2D eigenvalue weighted by Crippen LogP contribution is -2.27. The number of hydrogen-bond donors (Lipinski definition) is 1. The number of alkyl halides is 1. The van der Waals surface area contributed by atoms with E-state index in [0.29, 0.717) is 23.5 Å². The fourth-order valence-electron chi connectivity index (χ4n) is 3.40. The SMILES string of the molecule is CCc1cc(OCc2cccc3c2OC(C)(C)[C@H]3F)ccc1CCC(=O)O. The zero-order valence-electron chi connectivity index (χ0n) is 15.9. The summed E-state index contributed by atoms with van der Waals surface area (Å²) < 4.78 is 26.3. The van der Waals surface area contributed by atoms with Crippen LogP contribution in [0.4, 0.5) is 4.39 Å². The van der Waals surface area contributed by atoms with Crippen LogP contribution in [0.2, 0.25) is 0 Å². The van der Waals surface area contributed by atoms with Gasteiger partial charge in [-0.2, -0.15) is 0 Å². The lowest BCUT2D eigenvalue weighted by Gasteiger charge is -2.20. The molecular formula is C22H25FO4. The van der Waals surface area contributed by atoms with E-state index in [2.05, 4.69) is 0 Å². The van der Waals surface area contributed by atoms with Crippen molar-refractivity contribution in [2.24, 2.45) is 0 Å². The molecule has 1 aliphatic heterocycles. The molecule has 0 radical (unpaired) electrons. The average Bonchev–Trinajstić information content (AvgIpc) is 2.88. The molecular weight excluding hydrogens is 347 g/mol. The molecule has 3 rings (SSSR count). The number of carboxylic acids is 1. The molecule has 144 valence electrons. The summed E-state index contributed by atoms with van der Waals surface area (Å²) in [5, 5.41) is 8.87. The fraction of sp³-hybridized carbons (Fsp3) is 0.409. The van der Waals surface area contributed by atoms with E-state index in [1.54, 1.807) is 19.9 Å². The summed E-state index contributed by atoms with van der Waals surface area (Å²) in [7, 11) is 0. The minimum Gasteiger partial charge on any atom is -0.489 e. The molecule has 1 aliphatic rings. The van der Waals surface area contributed by atoms with Gasteiger partial charge in [0.1, 0.15) is 23.7 Å². The van der Waals surface area contributed by atoms with Crippen LogP contribution >= 0.6 is 0 Å². The van der Waals surface area contributed by atoms with Crippen molar-refractivity contribution in [2.75, 3.05) is 0 Å². The molecule has 0 spiro atoms. The summed E-state index contributed by atoms with van der Waals surface area (Å²) in [6.07, 6.45) is 0.257. The highest BCUT2D eigenvalue weighted by atomic mass is 19.1. The van der Waals surface area contributed by atoms with Crippen LogP contribution in [-0.2, 0) is 24.2 Å². The first-order valence-electron chi connectivity index (χ1n) is 9.23. The molecule has 0 fully saturated rings. The van der Waals surface area contributed by atoms with Crippen LogP contribution < -0.4 is 9.47 Å². The van der Waals surface area contributed by atoms with E-state index < -0.39 is 17.7 Å². The Labute approximate surface area is 158 Å². The Balaban J connectivity index is 1.74. The number of aliphatic carboxylic acids is 1. The third kappa shape index (κ3) is 4.07. The van der Waals surface area contributed by atoms with Crippen molar-refractivity contribution < 1.29 is 23.8 Å². The number of fused-ring (bicyclic) bond motifs is 1. The van der Waals surface area contributed by atoms with Gasteiger partial charge in [0.15, 0.2) is 6.17 Å². The first-order chi connectivity index (χ1) is 12.8. The number of ether oxygens (including phenoxy) is 2. The molecule has 1 N–H and O–H groups in total. The molecule has 0 unspecified atom stereocenters. The number of para-hydroxylation sites is 1. The Morgan fingerprint density at radius 1 is 1.22 bits per heavy atom. The van der Waals surface area contributed by atoms with Crippen LogP contribution in [0.15, 0.2) is 36.4 Å². The Morgan fingerprint density at radius 2 is 2.00 bits per heavy atom. The number of aryl methyl sites for hydroxylation is 2. The van der Waals surface area contributed by atoms with Crippen molar-refractivity contribution in [3.8, 4) is 11.5 Å². The molecule has 2 aromatic carbocycles. The Morgan fingerprint density at radius 3 is 2.70 bits per heavy atom. The maximum Gasteiger partial charge on any atom is 0.303 e. The van der Waals surface area contributed by atoms with E-state index in [1.807, 2.05) is 37.3 Å². The zero-order chi connectivity index (χ0) is 19.6. The number of halogens is 1. The van der Waals surface area contributed by atoms with Crippen molar-refractivity contribution >= 4 is 5.97 Å². The summed E-state index contributed by atoms with van der Waals surface area (Å²) in [5.74, 6) is 0.478. The predicted octanol–water partition coefficient (Wildman–Crippen LogP) is 5.03. The minimum absolute atomic E-state index is 0.112. The summed E-state index contributed by atoms with van der Waals surface area (Å²) in [6, 6.07) is 11.2. The van der Waals surface area contributed by atoms with Crippen LogP contribution in [0, 0.1) is 0 Å². The molecule has 0 bridgehead atoms. The van der Waals surface area contributed by atoms with Gasteiger partial charge in [0.25, 0.3) is 0 Å². The lowest BCUT2D eigenvalue weighted by molar-refractivity contribution is -0.136. The third-order valence-electron chi connectivity index (χ3n) is 4.94. The molecule has 0 aliphatic carbocycles. The first-order valence-corrected chi connectivity index (χ1v) is 9.23. The van der Waals surface area contributed by atoms with E-state index in [9.17, 15) is 9.18 Å². The highest BCUT2D eigenvalue weighted by molar-refractivity contribution is 5.67. The van der Waals surface area contributed by atoms with Gasteiger partial charge < -0.3 is 14.6 Å². The van der Waals surface area contributed by atoms with Gasteiger partial charge in [-0.15, -0.1) is 0 Å². The molecule has 0 aromatic heterocycles. The van der Waals surface area contributed by atoms with E-state index in [4.69, 9.17) is 14.6 Å². The van der Waals surface area contributed by atoms with Gasteiger partial charge in [0.2, 0.25) is 0 Å². The normalized spacial score (nSPS) is 17.3. The van der Waals surface area contributed by atoms with Gasteiger partial charge in [-0.05, 0) is 49.9 Å². The fourth-order valence-corrected chi connectivity index (χ4v) is 3.40. The number of hydrogen-bond acceptors (Lipinski definition) is 3. The second-order valence-corrected chi connectivity index (χ2v) is 7.37. The van der Waals surface area contributed by atoms with Crippen molar-refractivity contribution in [3.05, 3.63) is 58.7 Å². The van der Waals surface area contributed by atoms with E-state index in [-0.39, 0.29) is 13.0 Å². The topological polar surface area (TPSA) is 55.8 Å². The number of rotatable bonds is 7. The number of carboxylic acid groups (broad SMARTS) is 1. The van der Waals surface area contributed by atoms with Crippen LogP contribution in [0.1, 0.15) is 55.6 Å². The van der Waals surface area contributed by atoms with Crippen LogP contribution in [0.3, 0.4) is 0 Å². The van der Waals surface area contributed by atoms with Gasteiger partial charge >= 0.3 is 5.97 Å². The molecule has 2 aromatic rings. The van der Waals surface area contributed by atoms with E-state index in [0.717, 1.165) is 23.1 Å².